The van der Waals surface area contributed by atoms with Crippen molar-refractivity contribution in [3.8, 4) is 0 Å². The van der Waals surface area contributed by atoms with Crippen LogP contribution in [0.2, 0.25) is 0 Å². The summed E-state index contributed by atoms with van der Waals surface area (Å²) in [7, 11) is -3.32. The number of anilines is 1. The van der Waals surface area contributed by atoms with Gasteiger partial charge in [-0.3, -0.25) is 4.79 Å². The predicted octanol–water partition coefficient (Wildman–Crippen LogP) is 3.01. The zero-order valence-corrected chi connectivity index (χ0v) is 13.2. The van der Waals surface area contributed by atoms with Crippen LogP contribution in [-0.2, 0) is 9.84 Å². The van der Waals surface area contributed by atoms with Crippen LogP contribution >= 0.6 is 15.9 Å². The number of hydrogen-bond acceptors (Lipinski definition) is 4. The van der Waals surface area contributed by atoms with E-state index in [1.54, 1.807) is 13.0 Å². The van der Waals surface area contributed by atoms with Gasteiger partial charge in [-0.25, -0.2) is 8.42 Å². The van der Waals surface area contributed by atoms with Gasteiger partial charge in [0.2, 0.25) is 0 Å². The van der Waals surface area contributed by atoms with Gasteiger partial charge in [0.05, 0.1) is 16.7 Å². The van der Waals surface area contributed by atoms with Gasteiger partial charge in [0.1, 0.15) is 0 Å². The fourth-order valence-corrected chi connectivity index (χ4v) is 2.68. The van der Waals surface area contributed by atoms with Crippen LogP contribution in [0.15, 0.2) is 44.5 Å². The minimum Gasteiger partial charge on any atom is -0.457 e. The van der Waals surface area contributed by atoms with Crippen LogP contribution in [0.5, 0.6) is 0 Å². The van der Waals surface area contributed by atoms with Crippen LogP contribution in [-0.4, -0.2) is 20.6 Å². The minimum absolute atomic E-state index is 0.157. The van der Waals surface area contributed by atoms with Gasteiger partial charge in [0, 0.05) is 11.9 Å². The van der Waals surface area contributed by atoms with E-state index in [2.05, 4.69) is 21.2 Å². The van der Waals surface area contributed by atoms with E-state index in [1.165, 1.54) is 24.5 Å². The van der Waals surface area contributed by atoms with Crippen molar-refractivity contribution in [2.45, 2.75) is 11.8 Å². The minimum atomic E-state index is -3.32. The molecule has 0 saturated carbocycles. The molecular formula is C13H12BrNO4S. The number of aryl methyl sites for hydroxylation is 1. The van der Waals surface area contributed by atoms with E-state index in [1.807, 2.05) is 0 Å². The zero-order valence-electron chi connectivity index (χ0n) is 10.8. The van der Waals surface area contributed by atoms with E-state index < -0.39 is 9.84 Å². The Morgan fingerprint density at radius 1 is 1.30 bits per heavy atom. The standard InChI is InChI=1S/C13H12BrNO4S/c1-8-3-4-9(20(2,17)18)7-11(8)15-13(16)10-5-6-19-12(10)14/h3-7H,1-2H3,(H,15,16). The van der Waals surface area contributed by atoms with Crippen LogP contribution in [0.25, 0.3) is 0 Å². The number of furan rings is 1. The fourth-order valence-electron chi connectivity index (χ4n) is 1.61. The monoisotopic (exact) mass is 357 g/mol. The van der Waals surface area contributed by atoms with Gasteiger partial charge in [-0.15, -0.1) is 0 Å². The summed E-state index contributed by atoms with van der Waals surface area (Å²) in [6.07, 6.45) is 2.51. The number of nitrogens with one attached hydrogen (secondary N) is 1. The van der Waals surface area contributed by atoms with Gasteiger partial charge < -0.3 is 9.73 Å². The molecule has 1 aromatic carbocycles. The molecule has 1 heterocycles. The van der Waals surface area contributed by atoms with E-state index >= 15 is 0 Å². The summed E-state index contributed by atoms with van der Waals surface area (Å²) in [6, 6.07) is 6.12. The maximum absolute atomic E-state index is 12.1. The molecular weight excluding hydrogens is 346 g/mol. The van der Waals surface area contributed by atoms with Crippen molar-refractivity contribution in [2.75, 3.05) is 11.6 Å². The second-order valence-corrected chi connectivity index (χ2v) is 7.05. The molecule has 2 rings (SSSR count). The molecule has 0 unspecified atom stereocenters. The number of halogens is 1. The van der Waals surface area contributed by atoms with Crippen molar-refractivity contribution < 1.29 is 17.6 Å². The quantitative estimate of drug-likeness (QED) is 0.915. The molecule has 0 atom stereocenters. The highest BCUT2D eigenvalue weighted by Crippen LogP contribution is 2.23. The first-order chi connectivity index (χ1) is 9.29. The Morgan fingerprint density at radius 2 is 2.00 bits per heavy atom. The van der Waals surface area contributed by atoms with Crippen molar-refractivity contribution in [1.29, 1.82) is 0 Å². The van der Waals surface area contributed by atoms with Gasteiger partial charge >= 0.3 is 0 Å². The summed E-state index contributed by atoms with van der Waals surface area (Å²) in [6.45, 7) is 1.78. The van der Waals surface area contributed by atoms with Crippen molar-refractivity contribution in [1.82, 2.24) is 0 Å². The molecule has 20 heavy (non-hydrogen) atoms. The molecule has 0 saturated heterocycles. The first kappa shape index (κ1) is 14.8. The Morgan fingerprint density at radius 3 is 2.55 bits per heavy atom. The Kier molecular flexibility index (Phi) is 4.01. The number of sulfone groups is 1. The van der Waals surface area contributed by atoms with Crippen molar-refractivity contribution >= 4 is 37.4 Å². The summed E-state index contributed by atoms with van der Waals surface area (Å²) in [5, 5.41) is 2.67. The number of carbonyl (C=O) groups is 1. The van der Waals surface area contributed by atoms with Crippen molar-refractivity contribution in [3.05, 3.63) is 46.3 Å². The first-order valence-electron chi connectivity index (χ1n) is 5.64. The second kappa shape index (κ2) is 5.41. The molecule has 0 radical (unpaired) electrons. The molecule has 1 amide bonds. The molecule has 0 bridgehead atoms. The molecule has 7 heteroatoms. The van der Waals surface area contributed by atoms with Crippen molar-refractivity contribution in [2.24, 2.45) is 0 Å². The molecule has 2 aromatic rings. The molecule has 0 spiro atoms. The number of amides is 1. The van der Waals surface area contributed by atoms with Gasteiger partial charge in [-0.2, -0.15) is 0 Å². The lowest BCUT2D eigenvalue weighted by Crippen LogP contribution is -2.13. The maximum Gasteiger partial charge on any atom is 0.260 e. The highest BCUT2D eigenvalue weighted by atomic mass is 79.9. The largest absolute Gasteiger partial charge is 0.457 e. The van der Waals surface area contributed by atoms with Gasteiger partial charge in [0.25, 0.3) is 5.91 Å². The SMILES string of the molecule is Cc1ccc(S(C)(=O)=O)cc1NC(=O)c1ccoc1Br. The summed E-state index contributed by atoms with van der Waals surface area (Å²) < 4.78 is 28.4. The molecule has 1 aromatic heterocycles. The topological polar surface area (TPSA) is 76.4 Å². The summed E-state index contributed by atoms with van der Waals surface area (Å²) in [4.78, 5) is 12.2. The zero-order chi connectivity index (χ0) is 14.9. The van der Waals surface area contributed by atoms with E-state index in [0.717, 1.165) is 11.8 Å². The lowest BCUT2D eigenvalue weighted by molar-refractivity contribution is 0.102. The molecule has 0 aliphatic rings. The van der Waals surface area contributed by atoms with Gasteiger partial charge in [0.15, 0.2) is 14.5 Å². The number of benzene rings is 1. The lowest BCUT2D eigenvalue weighted by Gasteiger charge is -2.09. The smallest absolute Gasteiger partial charge is 0.260 e. The number of rotatable bonds is 3. The highest BCUT2D eigenvalue weighted by molar-refractivity contribution is 9.10. The first-order valence-corrected chi connectivity index (χ1v) is 8.32. The van der Waals surface area contributed by atoms with Crippen LogP contribution in [0.3, 0.4) is 0 Å². The van der Waals surface area contributed by atoms with Crippen LogP contribution in [0.1, 0.15) is 15.9 Å². The van der Waals surface area contributed by atoms with E-state index in [9.17, 15) is 13.2 Å². The van der Waals surface area contributed by atoms with Gasteiger partial charge in [-0.1, -0.05) is 6.07 Å². The summed E-state index contributed by atoms with van der Waals surface area (Å²) in [5.74, 6) is -0.376. The van der Waals surface area contributed by atoms with Crippen LogP contribution < -0.4 is 5.32 Å². The Balaban J connectivity index is 2.34. The lowest BCUT2D eigenvalue weighted by atomic mass is 10.2. The molecule has 0 aliphatic heterocycles. The average Bonchev–Trinajstić information content (AvgIpc) is 2.77. The normalized spacial score (nSPS) is 11.3. The maximum atomic E-state index is 12.1. The summed E-state index contributed by atoms with van der Waals surface area (Å²) >= 11 is 3.12. The Bertz CT molecular complexity index is 764. The van der Waals surface area contributed by atoms with Crippen LogP contribution in [0, 0.1) is 6.92 Å². The Hall–Kier alpha value is -1.60. The fraction of sp³-hybridized carbons (Fsp3) is 0.154. The van der Waals surface area contributed by atoms with Crippen molar-refractivity contribution in [3.63, 3.8) is 0 Å². The molecule has 0 fully saturated rings. The Labute approximate surface area is 125 Å². The van der Waals surface area contributed by atoms with Gasteiger partial charge in [-0.05, 0) is 46.6 Å². The molecule has 5 nitrogen and oxygen atoms in total. The predicted molar refractivity (Wildman–Crippen MR) is 78.7 cm³/mol. The van der Waals surface area contributed by atoms with E-state index in [4.69, 9.17) is 4.42 Å². The summed E-state index contributed by atoms with van der Waals surface area (Å²) in [5.41, 5.74) is 1.56. The third-order valence-electron chi connectivity index (χ3n) is 2.75. The third-order valence-corrected chi connectivity index (χ3v) is 4.47. The molecule has 0 aliphatic carbocycles. The van der Waals surface area contributed by atoms with E-state index in [0.29, 0.717) is 15.9 Å². The van der Waals surface area contributed by atoms with E-state index in [-0.39, 0.29) is 10.8 Å². The number of carbonyl (C=O) groups excluding carboxylic acids is 1. The highest BCUT2D eigenvalue weighted by Gasteiger charge is 2.15. The van der Waals surface area contributed by atoms with Crippen LogP contribution in [0.4, 0.5) is 5.69 Å². The molecule has 1 N–H and O–H groups in total. The third kappa shape index (κ3) is 3.10. The second-order valence-electron chi connectivity index (χ2n) is 4.31. The number of hydrogen-bond donors (Lipinski definition) is 1. The average molecular weight is 358 g/mol. The molecule has 106 valence electrons.